The molecule has 0 N–H and O–H groups in total. The van der Waals surface area contributed by atoms with E-state index in [9.17, 15) is 22.8 Å². The number of rotatable bonds is 5. The van der Waals surface area contributed by atoms with Gasteiger partial charge in [0.2, 0.25) is 0 Å². The van der Waals surface area contributed by atoms with Crippen LogP contribution in [0.3, 0.4) is 0 Å². The van der Waals surface area contributed by atoms with E-state index in [1.165, 1.54) is 36.4 Å². The molecular weight excluding hydrogens is 405 g/mol. The second kappa shape index (κ2) is 8.49. The zero-order valence-electron chi connectivity index (χ0n) is 14.9. The Morgan fingerprint density at radius 3 is 2.17 bits per heavy atom. The van der Waals surface area contributed by atoms with Crippen LogP contribution in [0.1, 0.15) is 37.4 Å². The molecule has 148 valence electrons. The lowest BCUT2D eigenvalue weighted by molar-refractivity contribution is -0.137. The molecule has 0 saturated heterocycles. The first-order valence-electron chi connectivity index (χ1n) is 8.48. The van der Waals surface area contributed by atoms with Crippen LogP contribution in [0.2, 0.25) is 5.02 Å². The fourth-order valence-electron chi connectivity index (χ4n) is 2.68. The molecular formula is C22H14ClF3O3. The highest BCUT2D eigenvalue weighted by Crippen LogP contribution is 2.29. The summed E-state index contributed by atoms with van der Waals surface area (Å²) in [6, 6.07) is 16.8. The van der Waals surface area contributed by atoms with E-state index in [-0.39, 0.29) is 23.3 Å². The van der Waals surface area contributed by atoms with E-state index >= 15 is 0 Å². The average Bonchev–Trinajstić information content (AvgIpc) is 2.71. The third-order valence-corrected chi connectivity index (χ3v) is 4.37. The maximum atomic E-state index is 12.8. The Labute approximate surface area is 169 Å². The zero-order chi connectivity index (χ0) is 21.0. The summed E-state index contributed by atoms with van der Waals surface area (Å²) in [7, 11) is 0. The van der Waals surface area contributed by atoms with Gasteiger partial charge in [0, 0.05) is 16.1 Å². The number of alkyl halides is 3. The van der Waals surface area contributed by atoms with Crippen LogP contribution in [0.4, 0.5) is 13.2 Å². The summed E-state index contributed by atoms with van der Waals surface area (Å²) >= 11 is 5.83. The van der Waals surface area contributed by atoms with Crippen molar-refractivity contribution in [2.75, 3.05) is 0 Å². The van der Waals surface area contributed by atoms with Gasteiger partial charge >= 0.3 is 12.1 Å². The first kappa shape index (κ1) is 20.6. The molecule has 0 spiro atoms. The van der Waals surface area contributed by atoms with E-state index in [1.807, 2.05) is 0 Å². The molecule has 3 nitrogen and oxygen atoms in total. The predicted octanol–water partition coefficient (Wildman–Crippen LogP) is 5.95. The molecule has 7 heteroatoms. The van der Waals surface area contributed by atoms with Crippen LogP contribution in [-0.2, 0) is 17.5 Å². The molecule has 29 heavy (non-hydrogen) atoms. The summed E-state index contributed by atoms with van der Waals surface area (Å²) in [6.45, 7) is -0.355. The highest BCUT2D eigenvalue weighted by atomic mass is 35.5. The van der Waals surface area contributed by atoms with Crippen molar-refractivity contribution in [3.8, 4) is 0 Å². The van der Waals surface area contributed by atoms with Crippen LogP contribution in [0.25, 0.3) is 0 Å². The second-order valence-electron chi connectivity index (χ2n) is 6.16. The molecule has 0 aliphatic rings. The molecule has 0 aliphatic carbocycles. The lowest BCUT2D eigenvalue weighted by Crippen LogP contribution is -2.13. The molecule has 0 atom stereocenters. The van der Waals surface area contributed by atoms with Crippen molar-refractivity contribution >= 4 is 23.4 Å². The molecule has 3 rings (SSSR count). The molecule has 0 amide bonds. The van der Waals surface area contributed by atoms with Gasteiger partial charge in [0.1, 0.15) is 6.61 Å². The first-order valence-corrected chi connectivity index (χ1v) is 8.86. The van der Waals surface area contributed by atoms with E-state index in [2.05, 4.69) is 0 Å². The van der Waals surface area contributed by atoms with Gasteiger partial charge in [0.15, 0.2) is 5.78 Å². The Kier molecular flexibility index (Phi) is 6.03. The topological polar surface area (TPSA) is 43.4 Å². The van der Waals surface area contributed by atoms with Gasteiger partial charge in [-0.25, -0.2) is 4.79 Å². The molecule has 0 heterocycles. The number of ketones is 1. The van der Waals surface area contributed by atoms with Crippen LogP contribution in [-0.4, -0.2) is 11.8 Å². The number of hydrogen-bond acceptors (Lipinski definition) is 3. The molecule has 0 bridgehead atoms. The third-order valence-electron chi connectivity index (χ3n) is 4.12. The Morgan fingerprint density at radius 1 is 0.862 bits per heavy atom. The minimum atomic E-state index is -4.49. The van der Waals surface area contributed by atoms with E-state index in [1.54, 1.807) is 24.3 Å². The number of ether oxygens (including phenoxy) is 1. The van der Waals surface area contributed by atoms with Gasteiger partial charge in [-0.05, 0) is 48.0 Å². The quantitative estimate of drug-likeness (QED) is 0.380. The Bertz CT molecular complexity index is 1040. The predicted molar refractivity (Wildman–Crippen MR) is 102 cm³/mol. The molecule has 0 unspecified atom stereocenters. The summed E-state index contributed by atoms with van der Waals surface area (Å²) in [5.41, 5.74) is -0.144. The fraction of sp³-hybridized carbons (Fsp3) is 0.0909. The average molecular weight is 419 g/mol. The van der Waals surface area contributed by atoms with Gasteiger partial charge in [0.25, 0.3) is 0 Å². The second-order valence-corrected chi connectivity index (χ2v) is 6.59. The van der Waals surface area contributed by atoms with Crippen molar-refractivity contribution < 1.29 is 27.5 Å². The van der Waals surface area contributed by atoms with Crippen molar-refractivity contribution in [1.82, 2.24) is 0 Å². The molecule has 0 radical (unpaired) electrons. The van der Waals surface area contributed by atoms with Crippen LogP contribution in [0.15, 0.2) is 72.8 Å². The van der Waals surface area contributed by atoms with Gasteiger partial charge in [-0.1, -0.05) is 41.9 Å². The number of esters is 1. The number of benzene rings is 3. The van der Waals surface area contributed by atoms with Gasteiger partial charge in [-0.15, -0.1) is 0 Å². The maximum Gasteiger partial charge on any atom is 0.416 e. The summed E-state index contributed by atoms with van der Waals surface area (Å²) in [6.07, 6.45) is -4.49. The third kappa shape index (κ3) is 5.03. The van der Waals surface area contributed by atoms with E-state index in [0.29, 0.717) is 10.6 Å². The van der Waals surface area contributed by atoms with Crippen molar-refractivity contribution in [2.45, 2.75) is 12.8 Å². The van der Waals surface area contributed by atoms with E-state index in [4.69, 9.17) is 16.3 Å². The molecule has 0 aliphatic heterocycles. The van der Waals surface area contributed by atoms with Gasteiger partial charge in [-0.2, -0.15) is 13.2 Å². The monoisotopic (exact) mass is 418 g/mol. The maximum absolute atomic E-state index is 12.8. The van der Waals surface area contributed by atoms with Crippen molar-refractivity contribution in [2.24, 2.45) is 0 Å². The summed E-state index contributed by atoms with van der Waals surface area (Å²) in [4.78, 5) is 25.2. The zero-order valence-corrected chi connectivity index (χ0v) is 15.6. The Morgan fingerprint density at radius 2 is 1.52 bits per heavy atom. The minimum absolute atomic E-state index is 0.0272. The SMILES string of the molecule is O=C(OCc1cccc(C(F)(F)F)c1)c1ccccc1C(=O)c1ccc(Cl)cc1. The standard InChI is InChI=1S/C22H14ClF3O3/c23-17-10-8-15(9-11-17)20(27)18-6-1-2-7-19(18)21(28)29-13-14-4-3-5-16(12-14)22(24,25)26/h1-12H,13H2. The molecule has 0 aromatic heterocycles. The number of halogens is 4. The van der Waals surface area contributed by atoms with Crippen molar-refractivity contribution in [1.29, 1.82) is 0 Å². The first-order chi connectivity index (χ1) is 13.8. The lowest BCUT2D eigenvalue weighted by atomic mass is 9.98. The normalized spacial score (nSPS) is 11.2. The number of hydrogen-bond donors (Lipinski definition) is 0. The fourth-order valence-corrected chi connectivity index (χ4v) is 2.81. The van der Waals surface area contributed by atoms with E-state index in [0.717, 1.165) is 12.1 Å². The molecule has 3 aromatic rings. The molecule has 0 saturated carbocycles. The summed E-state index contributed by atoms with van der Waals surface area (Å²) in [5, 5.41) is 0.468. The van der Waals surface area contributed by atoms with Crippen LogP contribution in [0.5, 0.6) is 0 Å². The highest BCUT2D eigenvalue weighted by molar-refractivity contribution is 6.30. The molecule has 0 fully saturated rings. The largest absolute Gasteiger partial charge is 0.457 e. The van der Waals surface area contributed by atoms with Gasteiger partial charge in [0.05, 0.1) is 11.1 Å². The Hall–Kier alpha value is -3.12. The van der Waals surface area contributed by atoms with Gasteiger partial charge in [-0.3, -0.25) is 4.79 Å². The number of carbonyl (C=O) groups excluding carboxylic acids is 2. The lowest BCUT2D eigenvalue weighted by Gasteiger charge is -2.11. The van der Waals surface area contributed by atoms with Crippen LogP contribution >= 0.6 is 11.6 Å². The summed E-state index contributed by atoms with van der Waals surface area (Å²) < 4.78 is 43.6. The van der Waals surface area contributed by atoms with Crippen molar-refractivity contribution in [3.63, 3.8) is 0 Å². The smallest absolute Gasteiger partial charge is 0.416 e. The van der Waals surface area contributed by atoms with Crippen molar-refractivity contribution in [3.05, 3.63) is 106 Å². The van der Waals surface area contributed by atoms with E-state index < -0.39 is 23.5 Å². The Balaban J connectivity index is 1.79. The number of carbonyl (C=O) groups is 2. The summed E-state index contributed by atoms with van der Waals surface area (Å²) in [5.74, 6) is -1.20. The van der Waals surface area contributed by atoms with Gasteiger partial charge < -0.3 is 4.74 Å². The van der Waals surface area contributed by atoms with Crippen LogP contribution in [0, 0.1) is 0 Å². The minimum Gasteiger partial charge on any atom is -0.457 e. The highest BCUT2D eigenvalue weighted by Gasteiger charge is 2.30. The van der Waals surface area contributed by atoms with Crippen LogP contribution < -0.4 is 0 Å². The molecule has 3 aromatic carbocycles.